The zero-order chi connectivity index (χ0) is 23.5. The molecule has 0 saturated heterocycles. The van der Waals surface area contributed by atoms with Crippen LogP contribution in [0.3, 0.4) is 0 Å². The summed E-state index contributed by atoms with van der Waals surface area (Å²) in [4.78, 5) is 32.1. The molecular formula is C24H23N3O6. The molecule has 3 N–H and O–H groups in total. The number of aromatic hydroxyl groups is 1. The number of pyridine rings is 1. The summed E-state index contributed by atoms with van der Waals surface area (Å²) in [6.07, 6.45) is 1.54. The topological polar surface area (TPSA) is 130 Å². The van der Waals surface area contributed by atoms with Crippen molar-refractivity contribution in [3.63, 3.8) is 0 Å². The van der Waals surface area contributed by atoms with Crippen LogP contribution >= 0.6 is 0 Å². The summed E-state index contributed by atoms with van der Waals surface area (Å²) in [5.41, 5.74) is 1.71. The SMILES string of the molecule is O=C(N[C@@H](CC(=Nc1cnccc1O)OCc1ccccc1)C(=O)O)OCc1ccccc1. The van der Waals surface area contributed by atoms with E-state index in [2.05, 4.69) is 15.3 Å². The summed E-state index contributed by atoms with van der Waals surface area (Å²) in [6, 6.07) is 18.2. The Hall–Kier alpha value is -4.40. The number of alkyl carbamates (subject to hydrolysis) is 1. The van der Waals surface area contributed by atoms with Crippen molar-refractivity contribution in [3.05, 3.63) is 90.3 Å². The number of benzene rings is 2. The number of aliphatic imine (C=N–C) groups is 1. The van der Waals surface area contributed by atoms with Gasteiger partial charge >= 0.3 is 12.1 Å². The normalized spacial score (nSPS) is 11.9. The lowest BCUT2D eigenvalue weighted by Crippen LogP contribution is -2.42. The molecular weight excluding hydrogens is 426 g/mol. The van der Waals surface area contributed by atoms with E-state index in [0.717, 1.165) is 11.1 Å². The van der Waals surface area contributed by atoms with Crippen LogP contribution in [0.25, 0.3) is 0 Å². The molecule has 1 amide bonds. The molecule has 0 saturated carbocycles. The highest BCUT2D eigenvalue weighted by Crippen LogP contribution is 2.24. The first kappa shape index (κ1) is 23.3. The largest absolute Gasteiger partial charge is 0.506 e. The number of aliphatic carboxylic acids is 1. The second-order valence-corrected chi connectivity index (χ2v) is 6.95. The Bertz CT molecular complexity index is 1090. The molecule has 0 unspecified atom stereocenters. The third-order valence-corrected chi connectivity index (χ3v) is 4.45. The van der Waals surface area contributed by atoms with Crippen LogP contribution in [0.5, 0.6) is 5.75 Å². The lowest BCUT2D eigenvalue weighted by molar-refractivity contribution is -0.139. The van der Waals surface area contributed by atoms with Crippen LogP contribution in [0.15, 0.2) is 84.1 Å². The van der Waals surface area contributed by atoms with Crippen molar-refractivity contribution in [3.8, 4) is 5.75 Å². The number of carbonyl (C=O) groups excluding carboxylic acids is 1. The summed E-state index contributed by atoms with van der Waals surface area (Å²) < 4.78 is 10.8. The summed E-state index contributed by atoms with van der Waals surface area (Å²) in [7, 11) is 0. The Morgan fingerprint density at radius 1 is 0.939 bits per heavy atom. The van der Waals surface area contributed by atoms with Gasteiger partial charge in [-0.3, -0.25) is 4.98 Å². The zero-order valence-electron chi connectivity index (χ0n) is 17.6. The van der Waals surface area contributed by atoms with Gasteiger partial charge in [-0.05, 0) is 11.1 Å². The molecule has 3 aromatic rings. The van der Waals surface area contributed by atoms with Crippen molar-refractivity contribution >= 4 is 23.6 Å². The van der Waals surface area contributed by atoms with Crippen LogP contribution in [-0.2, 0) is 27.5 Å². The third kappa shape index (κ3) is 7.66. The maximum Gasteiger partial charge on any atom is 0.408 e. The molecule has 1 atom stereocenters. The van der Waals surface area contributed by atoms with Gasteiger partial charge in [0, 0.05) is 12.3 Å². The van der Waals surface area contributed by atoms with Gasteiger partial charge in [-0.25, -0.2) is 14.6 Å². The van der Waals surface area contributed by atoms with E-state index in [0.29, 0.717) is 0 Å². The van der Waals surface area contributed by atoms with Crippen molar-refractivity contribution < 1.29 is 29.3 Å². The van der Waals surface area contributed by atoms with E-state index in [4.69, 9.17) is 9.47 Å². The Labute approximate surface area is 190 Å². The average molecular weight is 449 g/mol. The number of nitrogens with zero attached hydrogens (tertiary/aromatic N) is 2. The number of hydrogen-bond donors (Lipinski definition) is 3. The molecule has 9 heteroatoms. The van der Waals surface area contributed by atoms with Gasteiger partial charge in [0.15, 0.2) is 5.90 Å². The number of rotatable bonds is 9. The molecule has 3 rings (SSSR count). The van der Waals surface area contributed by atoms with Crippen molar-refractivity contribution in [1.82, 2.24) is 10.3 Å². The highest BCUT2D eigenvalue weighted by atomic mass is 16.5. The van der Waals surface area contributed by atoms with Crippen molar-refractivity contribution in [1.29, 1.82) is 0 Å². The van der Waals surface area contributed by atoms with Crippen LogP contribution in [0.1, 0.15) is 17.5 Å². The molecule has 0 aliphatic carbocycles. The third-order valence-electron chi connectivity index (χ3n) is 4.45. The van der Waals surface area contributed by atoms with E-state index in [1.807, 2.05) is 36.4 Å². The standard InChI is InChI=1S/C24H23N3O6/c28-21-11-12-25-14-20(21)26-22(32-15-17-7-3-1-4-8-17)13-19(23(29)30)27-24(31)33-16-18-9-5-2-6-10-18/h1-12,14,19H,13,15-16H2,(H,25,28)(H,27,31)(H,29,30)/t19-/m0/s1. The van der Waals surface area contributed by atoms with Crippen LogP contribution < -0.4 is 5.32 Å². The maximum atomic E-state index is 12.2. The van der Waals surface area contributed by atoms with Gasteiger partial charge in [0.2, 0.25) is 0 Å². The molecule has 0 radical (unpaired) electrons. The quantitative estimate of drug-likeness (QED) is 0.334. The second-order valence-electron chi connectivity index (χ2n) is 6.95. The monoisotopic (exact) mass is 449 g/mol. The minimum atomic E-state index is -1.37. The first-order valence-corrected chi connectivity index (χ1v) is 10.1. The van der Waals surface area contributed by atoms with Gasteiger partial charge < -0.3 is 25.0 Å². The number of carboxylic acid groups (broad SMARTS) is 1. The fraction of sp³-hybridized carbons (Fsp3) is 0.167. The fourth-order valence-corrected chi connectivity index (χ4v) is 2.76. The molecule has 0 spiro atoms. The molecule has 170 valence electrons. The molecule has 0 aliphatic rings. The van der Waals surface area contributed by atoms with Crippen molar-refractivity contribution in [2.75, 3.05) is 0 Å². The number of carbonyl (C=O) groups is 2. The Kier molecular flexibility index (Phi) is 8.35. The number of ether oxygens (including phenoxy) is 2. The van der Waals surface area contributed by atoms with E-state index in [1.165, 1.54) is 18.5 Å². The number of nitrogens with one attached hydrogen (secondary N) is 1. The first-order valence-electron chi connectivity index (χ1n) is 10.1. The maximum absolute atomic E-state index is 12.2. The first-order chi connectivity index (χ1) is 16.0. The van der Waals surface area contributed by atoms with Gasteiger partial charge in [0.05, 0.1) is 12.6 Å². The van der Waals surface area contributed by atoms with Crippen LogP contribution in [-0.4, -0.2) is 39.2 Å². The van der Waals surface area contributed by atoms with Crippen molar-refractivity contribution in [2.45, 2.75) is 25.7 Å². The van der Waals surface area contributed by atoms with Crippen LogP contribution in [0, 0.1) is 0 Å². The molecule has 0 aliphatic heterocycles. The minimum Gasteiger partial charge on any atom is -0.506 e. The van der Waals surface area contributed by atoms with E-state index in [-0.39, 0.29) is 37.0 Å². The highest BCUT2D eigenvalue weighted by molar-refractivity contribution is 5.88. The van der Waals surface area contributed by atoms with Gasteiger partial charge in [0.25, 0.3) is 0 Å². The molecule has 33 heavy (non-hydrogen) atoms. The number of amides is 1. The van der Waals surface area contributed by atoms with E-state index >= 15 is 0 Å². The van der Waals surface area contributed by atoms with Gasteiger partial charge in [-0.1, -0.05) is 60.7 Å². The molecule has 0 bridgehead atoms. The smallest absolute Gasteiger partial charge is 0.408 e. The van der Waals surface area contributed by atoms with Gasteiger partial charge in [-0.15, -0.1) is 0 Å². The van der Waals surface area contributed by atoms with E-state index in [1.54, 1.807) is 24.3 Å². The average Bonchev–Trinajstić information content (AvgIpc) is 2.83. The summed E-state index contributed by atoms with van der Waals surface area (Å²) in [5, 5.41) is 21.9. The minimum absolute atomic E-state index is 0.00193. The lowest BCUT2D eigenvalue weighted by Gasteiger charge is -2.17. The number of carboxylic acids is 1. The molecule has 2 aromatic carbocycles. The second kappa shape index (κ2) is 11.8. The Balaban J connectivity index is 1.71. The zero-order valence-corrected chi connectivity index (χ0v) is 17.6. The van der Waals surface area contributed by atoms with Gasteiger partial charge in [0.1, 0.15) is 30.7 Å². The van der Waals surface area contributed by atoms with Gasteiger partial charge in [-0.2, -0.15) is 0 Å². The fourth-order valence-electron chi connectivity index (χ4n) is 2.76. The number of hydrogen-bond acceptors (Lipinski definition) is 7. The molecule has 0 fully saturated rings. The lowest BCUT2D eigenvalue weighted by atomic mass is 10.2. The predicted octanol–water partition coefficient (Wildman–Crippen LogP) is 3.80. The highest BCUT2D eigenvalue weighted by Gasteiger charge is 2.24. The molecule has 1 aromatic heterocycles. The Morgan fingerprint density at radius 3 is 2.12 bits per heavy atom. The Morgan fingerprint density at radius 2 is 1.55 bits per heavy atom. The number of aromatic nitrogens is 1. The summed E-state index contributed by atoms with van der Waals surface area (Å²) in [5.74, 6) is -1.44. The molecule has 9 nitrogen and oxygen atoms in total. The van der Waals surface area contributed by atoms with E-state index in [9.17, 15) is 19.8 Å². The van der Waals surface area contributed by atoms with E-state index < -0.39 is 18.1 Å². The van der Waals surface area contributed by atoms with Crippen LogP contribution in [0.4, 0.5) is 10.5 Å². The van der Waals surface area contributed by atoms with Crippen LogP contribution in [0.2, 0.25) is 0 Å². The predicted molar refractivity (Wildman–Crippen MR) is 120 cm³/mol. The molecule has 1 heterocycles. The summed E-state index contributed by atoms with van der Waals surface area (Å²) >= 11 is 0. The van der Waals surface area contributed by atoms with Crippen molar-refractivity contribution in [2.24, 2.45) is 4.99 Å². The summed E-state index contributed by atoms with van der Waals surface area (Å²) in [6.45, 7) is 0.111.